The number of ether oxygens (including phenoxy) is 1. The van der Waals surface area contributed by atoms with Gasteiger partial charge in [-0.25, -0.2) is 8.78 Å². The normalized spacial score (nSPS) is 36.7. The molecule has 3 aliphatic rings. The van der Waals surface area contributed by atoms with Crippen LogP contribution in [0.15, 0.2) is 22.7 Å². The molecule has 4 heteroatoms. The third-order valence-electron chi connectivity index (χ3n) is 3.14. The fraction of sp³-hybridized carbons (Fsp3) is 0.455. The molecule has 0 aliphatic heterocycles. The average Bonchev–Trinajstić information content (AvgIpc) is 2.07. The Balaban J connectivity index is 1.76. The lowest BCUT2D eigenvalue weighted by Gasteiger charge is -2.64. The number of alkyl halides is 1. The minimum atomic E-state index is -0.978. The zero-order valence-corrected chi connectivity index (χ0v) is 9.48. The molecule has 1 aromatic carbocycles. The van der Waals surface area contributed by atoms with Gasteiger partial charge >= 0.3 is 0 Å². The summed E-state index contributed by atoms with van der Waals surface area (Å²) >= 11 is 3.07. The first-order valence-electron chi connectivity index (χ1n) is 4.83. The molecule has 3 saturated carbocycles. The summed E-state index contributed by atoms with van der Waals surface area (Å²) in [6.07, 6.45) is 1.37. The maximum atomic E-state index is 13.2. The first-order chi connectivity index (χ1) is 7.00. The van der Waals surface area contributed by atoms with Gasteiger partial charge in [0.1, 0.15) is 22.8 Å². The van der Waals surface area contributed by atoms with E-state index < -0.39 is 5.67 Å². The fourth-order valence-corrected chi connectivity index (χ4v) is 2.72. The van der Waals surface area contributed by atoms with Gasteiger partial charge < -0.3 is 4.74 Å². The molecule has 0 spiro atoms. The third kappa shape index (κ3) is 1.38. The Morgan fingerprint density at radius 2 is 1.93 bits per heavy atom. The highest BCUT2D eigenvalue weighted by Gasteiger charge is 2.71. The molecule has 0 saturated heterocycles. The van der Waals surface area contributed by atoms with Gasteiger partial charge in [-0.2, -0.15) is 0 Å². The van der Waals surface area contributed by atoms with Crippen molar-refractivity contribution in [2.24, 2.45) is 0 Å². The minimum absolute atomic E-state index is 0.338. The van der Waals surface area contributed by atoms with Gasteiger partial charge in [0, 0.05) is 25.3 Å². The molecule has 2 bridgehead atoms. The molecule has 15 heavy (non-hydrogen) atoms. The molecule has 0 N–H and O–H groups in total. The van der Waals surface area contributed by atoms with Crippen molar-refractivity contribution >= 4 is 15.9 Å². The van der Waals surface area contributed by atoms with Crippen molar-refractivity contribution in [1.29, 1.82) is 0 Å². The molecular weight excluding hydrogens is 266 g/mol. The molecule has 4 rings (SSSR count). The summed E-state index contributed by atoms with van der Waals surface area (Å²) in [6.45, 7) is 0. The molecule has 1 nitrogen and oxygen atoms in total. The Hall–Kier alpha value is -0.640. The third-order valence-corrected chi connectivity index (χ3v) is 3.79. The summed E-state index contributed by atoms with van der Waals surface area (Å²) in [5.74, 6) is 0.131. The largest absolute Gasteiger partial charge is 0.487 e. The molecule has 0 amide bonds. The van der Waals surface area contributed by atoms with Crippen LogP contribution in [0.5, 0.6) is 5.75 Å². The SMILES string of the molecule is Fc1cc(OC23CC(F)(C2)C3)ccc1Br. The monoisotopic (exact) mass is 274 g/mol. The van der Waals surface area contributed by atoms with Crippen LogP contribution in [0.3, 0.4) is 0 Å². The van der Waals surface area contributed by atoms with Crippen LogP contribution in [0.1, 0.15) is 19.3 Å². The Labute approximate surface area is 94.6 Å². The van der Waals surface area contributed by atoms with Crippen molar-refractivity contribution in [2.45, 2.75) is 30.5 Å². The van der Waals surface area contributed by atoms with Gasteiger partial charge in [0.2, 0.25) is 0 Å². The van der Waals surface area contributed by atoms with E-state index in [9.17, 15) is 8.78 Å². The Morgan fingerprint density at radius 1 is 1.27 bits per heavy atom. The topological polar surface area (TPSA) is 9.23 Å². The molecule has 80 valence electrons. The van der Waals surface area contributed by atoms with E-state index in [1.165, 1.54) is 6.07 Å². The van der Waals surface area contributed by atoms with Crippen molar-refractivity contribution in [3.63, 3.8) is 0 Å². The van der Waals surface area contributed by atoms with E-state index in [0.717, 1.165) is 0 Å². The summed E-state index contributed by atoms with van der Waals surface area (Å²) in [5, 5.41) is 0. The number of benzene rings is 1. The lowest BCUT2D eigenvalue weighted by atomic mass is 9.49. The molecule has 0 radical (unpaired) electrons. The van der Waals surface area contributed by atoms with E-state index in [-0.39, 0.29) is 11.4 Å². The highest BCUT2D eigenvalue weighted by atomic mass is 79.9. The van der Waals surface area contributed by atoms with Crippen LogP contribution in [0, 0.1) is 5.82 Å². The highest BCUT2D eigenvalue weighted by molar-refractivity contribution is 9.10. The summed E-state index contributed by atoms with van der Waals surface area (Å²) < 4.78 is 32.4. The number of halogens is 3. The van der Waals surface area contributed by atoms with Crippen LogP contribution in [-0.4, -0.2) is 11.3 Å². The predicted octanol–water partition coefficient (Wildman–Crippen LogP) is 3.61. The van der Waals surface area contributed by atoms with E-state index in [4.69, 9.17) is 4.74 Å². The van der Waals surface area contributed by atoms with Crippen molar-refractivity contribution in [3.8, 4) is 5.75 Å². The second-order valence-electron chi connectivity index (χ2n) is 4.54. The molecular formula is C11H9BrF2O. The summed E-state index contributed by atoms with van der Waals surface area (Å²) in [4.78, 5) is 0. The summed E-state index contributed by atoms with van der Waals surface area (Å²) in [6, 6.07) is 4.62. The second kappa shape index (κ2) is 2.73. The molecule has 0 atom stereocenters. The predicted molar refractivity (Wildman–Crippen MR) is 55.1 cm³/mol. The Morgan fingerprint density at radius 3 is 2.47 bits per heavy atom. The van der Waals surface area contributed by atoms with Gasteiger partial charge in [0.05, 0.1) is 4.47 Å². The quantitative estimate of drug-likeness (QED) is 0.801. The van der Waals surface area contributed by atoms with Crippen LogP contribution in [0.25, 0.3) is 0 Å². The molecule has 3 fully saturated rings. The zero-order valence-electron chi connectivity index (χ0n) is 7.90. The highest BCUT2D eigenvalue weighted by Crippen LogP contribution is 2.64. The smallest absolute Gasteiger partial charge is 0.141 e. The van der Waals surface area contributed by atoms with Crippen LogP contribution in [0.4, 0.5) is 8.78 Å². The summed E-state index contributed by atoms with van der Waals surface area (Å²) in [7, 11) is 0. The van der Waals surface area contributed by atoms with Crippen LogP contribution in [0.2, 0.25) is 0 Å². The zero-order chi connectivity index (χ0) is 10.7. The summed E-state index contributed by atoms with van der Waals surface area (Å²) in [5.41, 5.74) is -1.32. The fourth-order valence-electron chi connectivity index (χ4n) is 2.48. The van der Waals surface area contributed by atoms with Gasteiger partial charge in [-0.05, 0) is 28.1 Å². The van der Waals surface area contributed by atoms with Crippen molar-refractivity contribution in [1.82, 2.24) is 0 Å². The maximum absolute atomic E-state index is 13.2. The molecule has 0 unspecified atom stereocenters. The van der Waals surface area contributed by atoms with Gasteiger partial charge in [-0.15, -0.1) is 0 Å². The van der Waals surface area contributed by atoms with E-state index in [0.29, 0.717) is 29.5 Å². The van der Waals surface area contributed by atoms with Crippen LogP contribution >= 0.6 is 15.9 Å². The first kappa shape index (κ1) is 9.58. The standard InChI is InChI=1S/C11H9BrF2O/c12-8-2-1-7(3-9(8)13)15-11-4-10(14,5-11)6-11/h1-3H,4-6H2. The van der Waals surface area contributed by atoms with E-state index in [1.54, 1.807) is 12.1 Å². The Kier molecular flexibility index (Phi) is 1.74. The first-order valence-corrected chi connectivity index (χ1v) is 5.63. The molecule has 0 heterocycles. The average molecular weight is 275 g/mol. The van der Waals surface area contributed by atoms with Crippen molar-refractivity contribution in [3.05, 3.63) is 28.5 Å². The van der Waals surface area contributed by atoms with E-state index >= 15 is 0 Å². The lowest BCUT2D eigenvalue weighted by Crippen LogP contribution is -2.72. The Bertz CT molecular complexity index is 413. The minimum Gasteiger partial charge on any atom is -0.487 e. The number of hydrogen-bond acceptors (Lipinski definition) is 1. The molecule has 1 aromatic rings. The molecule has 3 aliphatic carbocycles. The van der Waals surface area contributed by atoms with Crippen molar-refractivity contribution < 1.29 is 13.5 Å². The van der Waals surface area contributed by atoms with Crippen LogP contribution in [-0.2, 0) is 0 Å². The van der Waals surface area contributed by atoms with E-state index in [1.807, 2.05) is 0 Å². The maximum Gasteiger partial charge on any atom is 0.141 e. The van der Waals surface area contributed by atoms with Gasteiger partial charge in [0.15, 0.2) is 0 Å². The second-order valence-corrected chi connectivity index (χ2v) is 5.40. The molecule has 0 aromatic heterocycles. The van der Waals surface area contributed by atoms with Gasteiger partial charge in [-0.1, -0.05) is 0 Å². The number of rotatable bonds is 2. The van der Waals surface area contributed by atoms with Crippen LogP contribution < -0.4 is 4.74 Å². The van der Waals surface area contributed by atoms with Gasteiger partial charge in [0.25, 0.3) is 0 Å². The van der Waals surface area contributed by atoms with Crippen molar-refractivity contribution in [2.75, 3.05) is 0 Å². The van der Waals surface area contributed by atoms with E-state index in [2.05, 4.69) is 15.9 Å². The lowest BCUT2D eigenvalue weighted by molar-refractivity contribution is -0.247. The van der Waals surface area contributed by atoms with Gasteiger partial charge in [-0.3, -0.25) is 0 Å². The number of hydrogen-bond donors (Lipinski definition) is 0.